The smallest absolute Gasteiger partial charge is 0.251 e. The molecule has 2 N–H and O–H groups in total. The zero-order chi connectivity index (χ0) is 19.9. The number of amides is 1. The van der Waals surface area contributed by atoms with Gasteiger partial charge in [-0.25, -0.2) is 13.1 Å². The Hall–Kier alpha value is -1.44. The lowest BCUT2D eigenvalue weighted by atomic mass is 10.0. The molecule has 0 unspecified atom stereocenters. The monoisotopic (exact) mass is 396 g/mol. The van der Waals surface area contributed by atoms with E-state index in [2.05, 4.69) is 23.9 Å². The molecule has 1 fully saturated rings. The summed E-state index contributed by atoms with van der Waals surface area (Å²) in [6, 6.07) is 6.13. The molecule has 1 aromatic rings. The molecular formula is C20H32N2O4S. The van der Waals surface area contributed by atoms with Crippen molar-refractivity contribution < 1.29 is 17.9 Å². The van der Waals surface area contributed by atoms with E-state index in [0.717, 1.165) is 32.1 Å². The van der Waals surface area contributed by atoms with Crippen molar-refractivity contribution in [1.29, 1.82) is 0 Å². The van der Waals surface area contributed by atoms with E-state index in [1.54, 1.807) is 12.1 Å². The highest BCUT2D eigenvalue weighted by Gasteiger charge is 2.20. The van der Waals surface area contributed by atoms with E-state index in [9.17, 15) is 13.2 Å². The van der Waals surface area contributed by atoms with Crippen molar-refractivity contribution in [1.82, 2.24) is 10.0 Å². The van der Waals surface area contributed by atoms with Crippen LogP contribution in [0.4, 0.5) is 0 Å². The van der Waals surface area contributed by atoms with E-state index in [4.69, 9.17) is 4.74 Å². The van der Waals surface area contributed by atoms with E-state index in [0.29, 0.717) is 18.1 Å². The van der Waals surface area contributed by atoms with Crippen molar-refractivity contribution in [2.45, 2.75) is 69.9 Å². The second-order valence-corrected chi connectivity index (χ2v) is 9.48. The minimum atomic E-state index is -3.60. The van der Waals surface area contributed by atoms with Gasteiger partial charge in [-0.1, -0.05) is 26.7 Å². The molecule has 0 aliphatic carbocycles. The summed E-state index contributed by atoms with van der Waals surface area (Å²) in [5.41, 5.74) is 0.462. The number of sulfonamides is 1. The van der Waals surface area contributed by atoms with Crippen molar-refractivity contribution in [2.75, 3.05) is 13.2 Å². The largest absolute Gasteiger partial charge is 0.377 e. The Labute approximate surface area is 163 Å². The minimum absolute atomic E-state index is 0.0537. The van der Waals surface area contributed by atoms with Crippen LogP contribution in [0.3, 0.4) is 0 Å². The molecule has 1 amide bonds. The molecule has 0 saturated carbocycles. The molecule has 6 nitrogen and oxygen atoms in total. The molecule has 2 rings (SSSR count). The van der Waals surface area contributed by atoms with Crippen molar-refractivity contribution in [2.24, 2.45) is 5.92 Å². The number of rotatable bonds is 10. The summed E-state index contributed by atoms with van der Waals surface area (Å²) in [6.07, 6.45) is 4.94. The zero-order valence-corrected chi connectivity index (χ0v) is 17.3. The van der Waals surface area contributed by atoms with Crippen LogP contribution in [-0.4, -0.2) is 39.6 Å². The highest BCUT2D eigenvalue weighted by Crippen LogP contribution is 2.14. The van der Waals surface area contributed by atoms with Crippen LogP contribution in [-0.2, 0) is 14.8 Å². The Bertz CT molecular complexity index is 695. The van der Waals surface area contributed by atoms with Crippen LogP contribution in [0.15, 0.2) is 29.2 Å². The van der Waals surface area contributed by atoms with Crippen LogP contribution in [0.5, 0.6) is 0 Å². The third kappa shape index (κ3) is 7.24. The summed E-state index contributed by atoms with van der Waals surface area (Å²) in [6.45, 7) is 7.33. The first-order valence-electron chi connectivity index (χ1n) is 9.80. The van der Waals surface area contributed by atoms with Crippen LogP contribution < -0.4 is 10.0 Å². The predicted molar refractivity (Wildman–Crippen MR) is 106 cm³/mol. The first-order chi connectivity index (χ1) is 12.8. The van der Waals surface area contributed by atoms with Gasteiger partial charge in [0.05, 0.1) is 11.0 Å². The highest BCUT2D eigenvalue weighted by atomic mass is 32.2. The second kappa shape index (κ2) is 10.2. The number of carbonyl (C=O) groups is 1. The Kier molecular flexibility index (Phi) is 8.26. The average molecular weight is 397 g/mol. The molecule has 2 atom stereocenters. The van der Waals surface area contributed by atoms with Crippen molar-refractivity contribution >= 4 is 15.9 Å². The third-order valence-electron chi connectivity index (χ3n) is 4.75. The number of hydrogen-bond acceptors (Lipinski definition) is 4. The summed E-state index contributed by atoms with van der Waals surface area (Å²) >= 11 is 0. The van der Waals surface area contributed by atoms with Gasteiger partial charge >= 0.3 is 0 Å². The fourth-order valence-electron chi connectivity index (χ4n) is 3.09. The molecule has 1 aliphatic rings. The van der Waals surface area contributed by atoms with Gasteiger partial charge in [-0.05, 0) is 56.4 Å². The van der Waals surface area contributed by atoms with Crippen LogP contribution >= 0.6 is 0 Å². The third-order valence-corrected chi connectivity index (χ3v) is 6.19. The predicted octanol–water partition coefficient (Wildman–Crippen LogP) is 3.09. The Balaban J connectivity index is 1.86. The molecular weight excluding hydrogens is 364 g/mol. The number of nitrogens with one attached hydrogen (secondary N) is 2. The molecule has 1 aliphatic heterocycles. The maximum atomic E-state index is 12.4. The van der Waals surface area contributed by atoms with Gasteiger partial charge in [-0.15, -0.1) is 0 Å². The Morgan fingerprint density at radius 3 is 2.48 bits per heavy atom. The number of hydrogen-bond donors (Lipinski definition) is 2. The van der Waals surface area contributed by atoms with Gasteiger partial charge in [0.2, 0.25) is 10.0 Å². The second-order valence-electron chi connectivity index (χ2n) is 7.71. The molecule has 0 bridgehead atoms. The van der Waals surface area contributed by atoms with Gasteiger partial charge in [0.1, 0.15) is 0 Å². The van der Waals surface area contributed by atoms with E-state index in [1.807, 2.05) is 6.92 Å². The van der Waals surface area contributed by atoms with E-state index >= 15 is 0 Å². The fraction of sp³-hybridized carbons (Fsp3) is 0.650. The number of carbonyl (C=O) groups excluding carboxylic acids is 1. The highest BCUT2D eigenvalue weighted by molar-refractivity contribution is 7.89. The summed E-state index contributed by atoms with van der Waals surface area (Å²) in [5.74, 6) is 0.486. The summed E-state index contributed by atoms with van der Waals surface area (Å²) in [4.78, 5) is 12.5. The van der Waals surface area contributed by atoms with Gasteiger partial charge in [0.25, 0.3) is 5.91 Å². The van der Waals surface area contributed by atoms with Gasteiger partial charge in [0.15, 0.2) is 0 Å². The number of ether oxygens (including phenoxy) is 1. The molecule has 1 heterocycles. The first kappa shape index (κ1) is 21.9. The summed E-state index contributed by atoms with van der Waals surface area (Å²) in [7, 11) is -3.60. The van der Waals surface area contributed by atoms with Crippen LogP contribution in [0, 0.1) is 5.92 Å². The SMILES string of the molecule is CC(C)CCC[C@@H](C)NC(=O)c1ccc(S(=O)(=O)NC[C@H]2CCCO2)cc1. The maximum absolute atomic E-state index is 12.4. The normalized spacial score (nSPS) is 18.6. The summed E-state index contributed by atoms with van der Waals surface area (Å²) in [5, 5.41) is 2.97. The van der Waals surface area contributed by atoms with E-state index in [1.165, 1.54) is 12.1 Å². The summed E-state index contributed by atoms with van der Waals surface area (Å²) < 4.78 is 32.7. The van der Waals surface area contributed by atoms with Crippen LogP contribution in [0.2, 0.25) is 0 Å². The molecule has 152 valence electrons. The lowest BCUT2D eigenvalue weighted by molar-refractivity contribution is 0.0937. The standard InChI is InChI=1S/C20H32N2O4S/c1-15(2)6-4-7-16(3)22-20(23)17-9-11-19(12-10-17)27(24,25)21-14-18-8-5-13-26-18/h9-12,15-16,18,21H,4-8,13-14H2,1-3H3,(H,22,23)/t16-,18-/m1/s1. The first-order valence-corrected chi connectivity index (χ1v) is 11.3. The van der Waals surface area contributed by atoms with Crippen molar-refractivity contribution in [3.8, 4) is 0 Å². The fourth-order valence-corrected chi connectivity index (χ4v) is 4.15. The molecule has 27 heavy (non-hydrogen) atoms. The molecule has 0 spiro atoms. The van der Waals surface area contributed by atoms with Crippen LogP contribution in [0.25, 0.3) is 0 Å². The van der Waals surface area contributed by atoms with Crippen molar-refractivity contribution in [3.05, 3.63) is 29.8 Å². The van der Waals surface area contributed by atoms with Gasteiger partial charge in [-0.3, -0.25) is 4.79 Å². The van der Waals surface area contributed by atoms with Gasteiger partial charge in [0, 0.05) is 24.8 Å². The van der Waals surface area contributed by atoms with E-state index in [-0.39, 0.29) is 29.5 Å². The lowest BCUT2D eigenvalue weighted by Gasteiger charge is -2.15. The maximum Gasteiger partial charge on any atom is 0.251 e. The molecule has 1 aromatic carbocycles. The average Bonchev–Trinajstić information content (AvgIpc) is 3.13. The van der Waals surface area contributed by atoms with E-state index < -0.39 is 10.0 Å². The number of benzene rings is 1. The molecule has 1 saturated heterocycles. The lowest BCUT2D eigenvalue weighted by Crippen LogP contribution is -2.33. The van der Waals surface area contributed by atoms with Gasteiger partial charge in [-0.2, -0.15) is 0 Å². The quantitative estimate of drug-likeness (QED) is 0.636. The Morgan fingerprint density at radius 2 is 1.89 bits per heavy atom. The van der Waals surface area contributed by atoms with Crippen molar-refractivity contribution in [3.63, 3.8) is 0 Å². The topological polar surface area (TPSA) is 84.5 Å². The Morgan fingerprint density at radius 1 is 1.19 bits per heavy atom. The molecule has 0 radical (unpaired) electrons. The molecule has 7 heteroatoms. The zero-order valence-electron chi connectivity index (χ0n) is 16.5. The molecule has 0 aromatic heterocycles. The minimum Gasteiger partial charge on any atom is -0.377 e. The van der Waals surface area contributed by atoms with Crippen LogP contribution in [0.1, 0.15) is 63.2 Å². The van der Waals surface area contributed by atoms with Gasteiger partial charge < -0.3 is 10.1 Å².